The first-order chi connectivity index (χ1) is 17.4. The highest BCUT2D eigenvalue weighted by Crippen LogP contribution is 2.32. The zero-order chi connectivity index (χ0) is 25.7. The summed E-state index contributed by atoms with van der Waals surface area (Å²) in [6.45, 7) is 2.71. The molecule has 1 saturated heterocycles. The fourth-order valence-corrected chi connectivity index (χ4v) is 4.61. The third-order valence-corrected chi connectivity index (χ3v) is 6.41. The molecule has 10 heteroatoms. The molecule has 2 aromatic carbocycles. The second kappa shape index (κ2) is 11.3. The number of nitrogens with zero attached hydrogens (tertiary/aromatic N) is 1. The molecule has 4 amide bonds. The molecule has 1 fully saturated rings. The van der Waals surface area contributed by atoms with Gasteiger partial charge in [0.2, 0.25) is 5.91 Å². The molecule has 4 rings (SSSR count). The van der Waals surface area contributed by atoms with Crippen molar-refractivity contribution >= 4 is 29.2 Å². The fourth-order valence-electron chi connectivity index (χ4n) is 4.61. The Kier molecular flexibility index (Phi) is 7.94. The second-order valence-corrected chi connectivity index (χ2v) is 8.82. The van der Waals surface area contributed by atoms with Crippen molar-refractivity contribution in [2.24, 2.45) is 0 Å². The van der Waals surface area contributed by atoms with Crippen molar-refractivity contribution in [2.75, 3.05) is 37.9 Å². The van der Waals surface area contributed by atoms with E-state index in [1.54, 1.807) is 48.3 Å². The van der Waals surface area contributed by atoms with Crippen LogP contribution in [0.3, 0.4) is 0 Å². The van der Waals surface area contributed by atoms with Crippen LogP contribution >= 0.6 is 0 Å². The average Bonchev–Trinajstić information content (AvgIpc) is 2.87. The molecule has 2 aliphatic heterocycles. The lowest BCUT2D eigenvalue weighted by Gasteiger charge is -2.42. The number of benzene rings is 2. The lowest BCUT2D eigenvalue weighted by molar-refractivity contribution is -0.133. The molecule has 36 heavy (non-hydrogen) atoms. The molecule has 0 radical (unpaired) electrons. The number of methoxy groups -OCH3 is 1. The summed E-state index contributed by atoms with van der Waals surface area (Å²) >= 11 is 0. The van der Waals surface area contributed by atoms with E-state index in [-0.39, 0.29) is 43.1 Å². The molecular weight excluding hydrogens is 464 g/mol. The standard InChI is InChI=1S/C26H32N4O6/c1-4-27-24(31)14-17-10-11-20-23(36-17)15-35-21-12-9-16(13-18(21)25(32)30(20)2)28-26(33)29-19-7-5-6-8-22(19)34-3/h5-9,12-13,17,20,23H,4,10-11,14-15H2,1-3H3,(H,27,31)(H2,28,29,33)/t17-,20-,23-/m1/s1. The van der Waals surface area contributed by atoms with Gasteiger partial charge in [0.25, 0.3) is 5.91 Å². The molecule has 2 aromatic rings. The van der Waals surface area contributed by atoms with Crippen LogP contribution in [0.1, 0.15) is 36.5 Å². The van der Waals surface area contributed by atoms with E-state index in [2.05, 4.69) is 16.0 Å². The summed E-state index contributed by atoms with van der Waals surface area (Å²) in [6, 6.07) is 11.4. The summed E-state index contributed by atoms with van der Waals surface area (Å²) in [5, 5.41) is 8.31. The van der Waals surface area contributed by atoms with Gasteiger partial charge in [-0.2, -0.15) is 0 Å². The van der Waals surface area contributed by atoms with E-state index in [1.807, 2.05) is 13.0 Å². The number of urea groups is 1. The Morgan fingerprint density at radius 1 is 1.14 bits per heavy atom. The monoisotopic (exact) mass is 496 g/mol. The third-order valence-electron chi connectivity index (χ3n) is 6.41. The maximum atomic E-state index is 13.4. The molecule has 10 nitrogen and oxygen atoms in total. The number of nitrogens with one attached hydrogen (secondary N) is 3. The van der Waals surface area contributed by atoms with Gasteiger partial charge in [-0.1, -0.05) is 12.1 Å². The molecule has 0 saturated carbocycles. The highest BCUT2D eigenvalue weighted by molar-refractivity contribution is 6.03. The minimum Gasteiger partial charge on any atom is -0.495 e. The fraction of sp³-hybridized carbons (Fsp3) is 0.423. The predicted molar refractivity (Wildman–Crippen MR) is 135 cm³/mol. The number of hydrogen-bond donors (Lipinski definition) is 3. The van der Waals surface area contributed by atoms with E-state index < -0.39 is 6.03 Å². The number of hydrogen-bond acceptors (Lipinski definition) is 6. The van der Waals surface area contributed by atoms with Crippen LogP contribution in [0.15, 0.2) is 42.5 Å². The van der Waals surface area contributed by atoms with E-state index in [0.29, 0.717) is 47.8 Å². The molecule has 192 valence electrons. The Hall–Kier alpha value is -3.79. The molecule has 0 spiro atoms. The molecule has 3 atom stereocenters. The number of rotatable bonds is 6. The largest absolute Gasteiger partial charge is 0.495 e. The van der Waals surface area contributed by atoms with Gasteiger partial charge in [0.05, 0.1) is 36.9 Å². The maximum absolute atomic E-state index is 13.4. The first-order valence-corrected chi connectivity index (χ1v) is 12.1. The Morgan fingerprint density at radius 2 is 1.94 bits per heavy atom. The minimum atomic E-state index is -0.467. The quantitative estimate of drug-likeness (QED) is 0.565. The number of amides is 4. The molecule has 0 unspecified atom stereocenters. The van der Waals surface area contributed by atoms with Crippen LogP contribution in [0.5, 0.6) is 11.5 Å². The Bertz CT molecular complexity index is 1120. The molecule has 3 N–H and O–H groups in total. The van der Waals surface area contributed by atoms with Crippen molar-refractivity contribution in [3.8, 4) is 11.5 Å². The van der Waals surface area contributed by atoms with Gasteiger partial charge in [0.15, 0.2) is 0 Å². The first kappa shape index (κ1) is 25.3. The number of para-hydroxylation sites is 2. The Morgan fingerprint density at radius 3 is 2.72 bits per heavy atom. The van der Waals surface area contributed by atoms with Crippen LogP contribution in [0.25, 0.3) is 0 Å². The Balaban J connectivity index is 1.45. The van der Waals surface area contributed by atoms with Crippen LogP contribution in [-0.4, -0.2) is 68.3 Å². The number of fused-ring (bicyclic) bond motifs is 2. The van der Waals surface area contributed by atoms with Gasteiger partial charge < -0.3 is 35.1 Å². The van der Waals surface area contributed by atoms with Crippen LogP contribution in [-0.2, 0) is 9.53 Å². The zero-order valence-electron chi connectivity index (χ0n) is 20.7. The van der Waals surface area contributed by atoms with Crippen molar-refractivity contribution in [1.82, 2.24) is 10.2 Å². The third kappa shape index (κ3) is 5.71. The van der Waals surface area contributed by atoms with Crippen LogP contribution in [0.4, 0.5) is 16.2 Å². The van der Waals surface area contributed by atoms with Gasteiger partial charge in [-0.3, -0.25) is 9.59 Å². The summed E-state index contributed by atoms with van der Waals surface area (Å²) in [7, 11) is 3.28. The predicted octanol–water partition coefficient (Wildman–Crippen LogP) is 3.25. The SMILES string of the molecule is CCNC(=O)C[C@H]1CC[C@@H]2[C@@H](COc3ccc(NC(=O)Nc4ccccc4OC)cc3C(=O)N2C)O1. The van der Waals surface area contributed by atoms with Gasteiger partial charge in [-0.25, -0.2) is 4.79 Å². The normalized spacial score (nSPS) is 21.1. The van der Waals surface area contributed by atoms with Gasteiger partial charge in [-0.05, 0) is 50.1 Å². The molecule has 0 bridgehead atoms. The van der Waals surface area contributed by atoms with E-state index in [1.165, 1.54) is 7.11 Å². The summed E-state index contributed by atoms with van der Waals surface area (Å²) in [4.78, 5) is 39.6. The van der Waals surface area contributed by atoms with Gasteiger partial charge in [0, 0.05) is 19.3 Å². The van der Waals surface area contributed by atoms with Crippen molar-refractivity contribution in [2.45, 2.75) is 44.4 Å². The lowest BCUT2D eigenvalue weighted by Crippen LogP contribution is -2.54. The topological polar surface area (TPSA) is 118 Å². The van der Waals surface area contributed by atoms with E-state index in [4.69, 9.17) is 14.2 Å². The summed E-state index contributed by atoms with van der Waals surface area (Å²) in [5.41, 5.74) is 1.33. The van der Waals surface area contributed by atoms with Gasteiger partial charge in [-0.15, -0.1) is 0 Å². The molecular formula is C26H32N4O6. The van der Waals surface area contributed by atoms with Crippen molar-refractivity contribution in [3.05, 3.63) is 48.0 Å². The number of carbonyl (C=O) groups excluding carboxylic acids is 3. The van der Waals surface area contributed by atoms with Crippen LogP contribution in [0, 0.1) is 0 Å². The minimum absolute atomic E-state index is 0.0442. The highest BCUT2D eigenvalue weighted by atomic mass is 16.5. The number of anilines is 2. The summed E-state index contributed by atoms with van der Waals surface area (Å²) < 4.78 is 17.4. The lowest BCUT2D eigenvalue weighted by atomic mass is 9.94. The summed E-state index contributed by atoms with van der Waals surface area (Å²) in [5.74, 6) is 0.681. The van der Waals surface area contributed by atoms with Crippen LogP contribution < -0.4 is 25.4 Å². The molecule has 0 aromatic heterocycles. The smallest absolute Gasteiger partial charge is 0.323 e. The highest BCUT2D eigenvalue weighted by Gasteiger charge is 2.39. The van der Waals surface area contributed by atoms with Crippen molar-refractivity contribution in [3.63, 3.8) is 0 Å². The van der Waals surface area contributed by atoms with Gasteiger partial charge >= 0.3 is 6.03 Å². The van der Waals surface area contributed by atoms with E-state index in [9.17, 15) is 14.4 Å². The van der Waals surface area contributed by atoms with Crippen LogP contribution in [0.2, 0.25) is 0 Å². The molecule has 0 aliphatic carbocycles. The second-order valence-electron chi connectivity index (χ2n) is 8.82. The zero-order valence-corrected chi connectivity index (χ0v) is 20.7. The molecule has 2 aliphatic rings. The number of ether oxygens (including phenoxy) is 3. The van der Waals surface area contributed by atoms with E-state index >= 15 is 0 Å². The number of carbonyl (C=O) groups is 3. The van der Waals surface area contributed by atoms with Gasteiger partial charge in [0.1, 0.15) is 24.2 Å². The average molecular weight is 497 g/mol. The molecule has 2 heterocycles. The van der Waals surface area contributed by atoms with Crippen molar-refractivity contribution in [1.29, 1.82) is 0 Å². The van der Waals surface area contributed by atoms with Crippen molar-refractivity contribution < 1.29 is 28.6 Å². The number of likely N-dealkylation sites (N-methyl/N-ethyl adjacent to an activating group) is 1. The maximum Gasteiger partial charge on any atom is 0.323 e. The van der Waals surface area contributed by atoms with E-state index in [0.717, 1.165) is 0 Å². The Labute approximate surface area is 210 Å². The summed E-state index contributed by atoms with van der Waals surface area (Å²) in [6.07, 6.45) is 1.11. The first-order valence-electron chi connectivity index (χ1n) is 12.1.